The van der Waals surface area contributed by atoms with Crippen LogP contribution in [-0.4, -0.2) is 25.8 Å². The van der Waals surface area contributed by atoms with E-state index in [1.54, 1.807) is 12.3 Å². The van der Waals surface area contributed by atoms with Crippen molar-refractivity contribution in [3.63, 3.8) is 0 Å². The second kappa shape index (κ2) is 5.65. The van der Waals surface area contributed by atoms with Crippen LogP contribution in [0.2, 0.25) is 0 Å². The fraction of sp³-hybridized carbons (Fsp3) is 0.267. The lowest BCUT2D eigenvalue weighted by molar-refractivity contribution is -0.131. The molecule has 6 heteroatoms. The Bertz CT molecular complexity index is 723. The number of hydrogen-bond acceptors (Lipinski definition) is 4. The lowest BCUT2D eigenvalue weighted by Gasteiger charge is -1.98. The smallest absolute Gasteiger partial charge is 0.328 e. The number of aromatic nitrogens is 3. The molecule has 0 radical (unpaired) electrons. The molecule has 1 aliphatic rings. The molecule has 0 spiro atoms. The maximum atomic E-state index is 10.5. The highest BCUT2D eigenvalue weighted by Gasteiger charge is 2.27. The largest absolute Gasteiger partial charge is 0.478 e. The van der Waals surface area contributed by atoms with Gasteiger partial charge in [-0.25, -0.2) is 9.78 Å². The zero-order valence-electron chi connectivity index (χ0n) is 11.6. The number of aliphatic carboxylic acids is 1. The number of carbonyl (C=O) groups is 1. The average molecular weight is 301 g/mol. The summed E-state index contributed by atoms with van der Waals surface area (Å²) in [5.41, 5.74) is 2.42. The molecule has 21 heavy (non-hydrogen) atoms. The van der Waals surface area contributed by atoms with E-state index in [1.165, 1.54) is 29.7 Å². The van der Waals surface area contributed by atoms with E-state index in [4.69, 9.17) is 5.11 Å². The first kappa shape index (κ1) is 13.8. The van der Waals surface area contributed by atoms with Crippen molar-refractivity contribution in [2.45, 2.75) is 18.8 Å². The van der Waals surface area contributed by atoms with E-state index in [9.17, 15) is 4.79 Å². The van der Waals surface area contributed by atoms with Crippen LogP contribution in [0, 0.1) is 0 Å². The SMILES string of the molecule is Cn1ncc(C2CC2)c1/C=C/c1ncc(/C=C/C(=O)O)s1. The molecule has 1 aliphatic carbocycles. The maximum Gasteiger partial charge on any atom is 0.328 e. The van der Waals surface area contributed by atoms with Gasteiger partial charge in [0, 0.05) is 29.8 Å². The van der Waals surface area contributed by atoms with Crippen LogP contribution in [0.25, 0.3) is 18.2 Å². The summed E-state index contributed by atoms with van der Waals surface area (Å²) in [6.07, 6.45) is 12.8. The molecule has 0 bridgehead atoms. The molecule has 2 aromatic heterocycles. The summed E-state index contributed by atoms with van der Waals surface area (Å²) in [5, 5.41) is 13.8. The van der Waals surface area contributed by atoms with E-state index in [2.05, 4.69) is 10.1 Å². The lowest BCUT2D eigenvalue weighted by Crippen LogP contribution is -1.94. The molecule has 108 valence electrons. The fourth-order valence-electron chi connectivity index (χ4n) is 2.14. The fourth-order valence-corrected chi connectivity index (χ4v) is 2.86. The van der Waals surface area contributed by atoms with E-state index in [-0.39, 0.29) is 0 Å². The maximum absolute atomic E-state index is 10.5. The van der Waals surface area contributed by atoms with Crippen molar-refractivity contribution in [2.75, 3.05) is 0 Å². The number of carboxylic acid groups (broad SMARTS) is 1. The Balaban J connectivity index is 1.77. The highest BCUT2D eigenvalue weighted by Crippen LogP contribution is 2.41. The summed E-state index contributed by atoms with van der Waals surface area (Å²) < 4.78 is 1.88. The van der Waals surface area contributed by atoms with Crippen molar-refractivity contribution in [3.05, 3.63) is 39.6 Å². The quantitative estimate of drug-likeness (QED) is 0.862. The van der Waals surface area contributed by atoms with Crippen LogP contribution in [0.3, 0.4) is 0 Å². The standard InChI is InChI=1S/C15H15N3O2S/c1-18-13(12(9-17-18)10-2-3-10)5-6-14-16-8-11(21-14)4-7-15(19)20/h4-10H,2-3H2,1H3,(H,19,20)/b6-5+,7-4+. The Morgan fingerprint density at radius 1 is 1.38 bits per heavy atom. The van der Waals surface area contributed by atoms with Crippen molar-refractivity contribution in [1.82, 2.24) is 14.8 Å². The summed E-state index contributed by atoms with van der Waals surface area (Å²) in [7, 11) is 1.94. The van der Waals surface area contributed by atoms with Gasteiger partial charge in [-0.15, -0.1) is 11.3 Å². The minimum atomic E-state index is -0.954. The van der Waals surface area contributed by atoms with Gasteiger partial charge in [-0.1, -0.05) is 0 Å². The van der Waals surface area contributed by atoms with Crippen LogP contribution >= 0.6 is 11.3 Å². The second-order valence-corrected chi connectivity index (χ2v) is 6.08. The number of thiazole rings is 1. The minimum Gasteiger partial charge on any atom is -0.478 e. The van der Waals surface area contributed by atoms with E-state index in [1.807, 2.05) is 30.1 Å². The first-order valence-corrected chi connectivity index (χ1v) is 7.52. The van der Waals surface area contributed by atoms with Crippen LogP contribution in [-0.2, 0) is 11.8 Å². The van der Waals surface area contributed by atoms with Gasteiger partial charge in [0.2, 0.25) is 0 Å². The van der Waals surface area contributed by atoms with Gasteiger partial charge in [0.25, 0.3) is 0 Å². The highest BCUT2D eigenvalue weighted by atomic mass is 32.1. The van der Waals surface area contributed by atoms with Crippen LogP contribution in [0.1, 0.15) is 39.9 Å². The molecule has 3 rings (SSSR count). The first-order valence-electron chi connectivity index (χ1n) is 6.70. The Morgan fingerprint density at radius 3 is 2.90 bits per heavy atom. The number of carboxylic acids is 1. The van der Waals surface area contributed by atoms with Crippen molar-refractivity contribution < 1.29 is 9.90 Å². The van der Waals surface area contributed by atoms with Crippen LogP contribution in [0.15, 0.2) is 18.5 Å². The summed E-state index contributed by atoms with van der Waals surface area (Å²) in [4.78, 5) is 15.6. The molecular weight excluding hydrogens is 286 g/mol. The molecule has 2 aromatic rings. The van der Waals surface area contributed by atoms with Gasteiger partial charge in [0.1, 0.15) is 5.01 Å². The minimum absolute atomic E-state index is 0.656. The van der Waals surface area contributed by atoms with Gasteiger partial charge in [-0.3, -0.25) is 4.68 Å². The van der Waals surface area contributed by atoms with Gasteiger partial charge >= 0.3 is 5.97 Å². The van der Waals surface area contributed by atoms with Gasteiger partial charge in [0.05, 0.1) is 11.9 Å². The van der Waals surface area contributed by atoms with Gasteiger partial charge in [-0.05, 0) is 37.0 Å². The summed E-state index contributed by atoms with van der Waals surface area (Å²) in [5.74, 6) is -0.298. The molecule has 0 aromatic carbocycles. The number of nitrogens with zero attached hydrogens (tertiary/aromatic N) is 3. The molecular formula is C15H15N3O2S. The highest BCUT2D eigenvalue weighted by molar-refractivity contribution is 7.13. The third kappa shape index (κ3) is 3.28. The molecule has 0 aliphatic heterocycles. The van der Waals surface area contributed by atoms with E-state index in [0.29, 0.717) is 5.92 Å². The Labute approximate surface area is 126 Å². The van der Waals surface area contributed by atoms with Crippen LogP contribution < -0.4 is 0 Å². The molecule has 0 unspecified atom stereocenters. The average Bonchev–Trinajstić information content (AvgIpc) is 3.08. The summed E-state index contributed by atoms with van der Waals surface area (Å²) in [6.45, 7) is 0. The monoisotopic (exact) mass is 301 g/mol. The van der Waals surface area contributed by atoms with Crippen LogP contribution in [0.5, 0.6) is 0 Å². The van der Waals surface area contributed by atoms with Gasteiger partial charge in [-0.2, -0.15) is 5.10 Å². The van der Waals surface area contributed by atoms with Crippen molar-refractivity contribution in [3.8, 4) is 0 Å². The van der Waals surface area contributed by atoms with E-state index >= 15 is 0 Å². The molecule has 5 nitrogen and oxygen atoms in total. The van der Waals surface area contributed by atoms with Gasteiger partial charge in [0.15, 0.2) is 0 Å². The third-order valence-corrected chi connectivity index (χ3v) is 4.27. The van der Waals surface area contributed by atoms with E-state index in [0.717, 1.165) is 21.7 Å². The number of aryl methyl sites for hydroxylation is 1. The Kier molecular flexibility index (Phi) is 3.70. The molecule has 1 saturated carbocycles. The molecule has 2 heterocycles. The Hall–Kier alpha value is -2.21. The van der Waals surface area contributed by atoms with Crippen molar-refractivity contribution in [2.24, 2.45) is 7.05 Å². The van der Waals surface area contributed by atoms with Crippen LogP contribution in [0.4, 0.5) is 0 Å². The third-order valence-electron chi connectivity index (χ3n) is 3.35. The predicted molar refractivity (Wildman–Crippen MR) is 82.9 cm³/mol. The lowest BCUT2D eigenvalue weighted by atomic mass is 10.1. The number of rotatable bonds is 5. The topological polar surface area (TPSA) is 68.0 Å². The second-order valence-electron chi connectivity index (χ2n) is 4.99. The molecule has 1 fully saturated rings. The summed E-state index contributed by atoms with van der Waals surface area (Å²) in [6, 6.07) is 0. The van der Waals surface area contributed by atoms with Crippen molar-refractivity contribution in [1.29, 1.82) is 0 Å². The Morgan fingerprint density at radius 2 is 2.19 bits per heavy atom. The van der Waals surface area contributed by atoms with Gasteiger partial charge < -0.3 is 5.11 Å². The molecule has 0 amide bonds. The summed E-state index contributed by atoms with van der Waals surface area (Å²) >= 11 is 1.45. The molecule has 0 atom stereocenters. The molecule has 0 saturated heterocycles. The number of hydrogen-bond donors (Lipinski definition) is 1. The normalized spacial score (nSPS) is 15.3. The zero-order valence-corrected chi connectivity index (χ0v) is 12.4. The van der Waals surface area contributed by atoms with E-state index < -0.39 is 5.97 Å². The van der Waals surface area contributed by atoms with Crippen molar-refractivity contribution >= 4 is 35.5 Å². The zero-order chi connectivity index (χ0) is 14.8. The first-order chi connectivity index (χ1) is 10.1. The predicted octanol–water partition coefficient (Wildman–Crippen LogP) is 3.02. The molecule has 1 N–H and O–H groups in total.